The van der Waals surface area contributed by atoms with E-state index in [9.17, 15) is 13.2 Å². The number of aliphatic imine (C=N–C) groups is 1. The summed E-state index contributed by atoms with van der Waals surface area (Å²) in [5.41, 5.74) is 11.3. The van der Waals surface area contributed by atoms with E-state index in [4.69, 9.17) is 27.8 Å². The molecule has 11 heteroatoms. The molecule has 3 heterocycles. The van der Waals surface area contributed by atoms with Crippen molar-refractivity contribution in [3.8, 4) is 11.1 Å². The van der Waals surface area contributed by atoms with Gasteiger partial charge in [-0.15, -0.1) is 0 Å². The second-order valence-corrected chi connectivity index (χ2v) is 11.6. The molecule has 0 unspecified atom stereocenters. The van der Waals surface area contributed by atoms with Gasteiger partial charge >= 0.3 is 0 Å². The lowest BCUT2D eigenvalue weighted by molar-refractivity contribution is 0.0995. The molecule has 1 saturated heterocycles. The van der Waals surface area contributed by atoms with Crippen molar-refractivity contribution in [1.29, 1.82) is 0 Å². The number of primary amides is 1. The molecular formula is C21H22ClFN4O4S. The fraction of sp³-hybridized carbons (Fsp3) is 0.381. The number of amidine groups is 1. The van der Waals surface area contributed by atoms with Gasteiger partial charge in [0.15, 0.2) is 9.84 Å². The van der Waals surface area contributed by atoms with E-state index in [0.29, 0.717) is 16.7 Å². The Hall–Kier alpha value is -2.56. The van der Waals surface area contributed by atoms with Gasteiger partial charge in [0.25, 0.3) is 5.91 Å². The van der Waals surface area contributed by atoms with Gasteiger partial charge in [0.1, 0.15) is 32.9 Å². The third-order valence-electron chi connectivity index (χ3n) is 6.38. The zero-order valence-corrected chi connectivity index (χ0v) is 19.2. The largest absolute Gasteiger partial charge is 0.386 e. The molecule has 1 amide bonds. The van der Waals surface area contributed by atoms with E-state index in [0.717, 1.165) is 0 Å². The fourth-order valence-electron chi connectivity index (χ4n) is 4.36. The summed E-state index contributed by atoms with van der Waals surface area (Å²) < 4.78 is 46.0. The van der Waals surface area contributed by atoms with Crippen LogP contribution in [0.2, 0.25) is 5.02 Å². The number of ether oxygens (including phenoxy) is 1. The number of hydrogen-bond acceptors (Lipinski definition) is 7. The third kappa shape index (κ3) is 2.96. The van der Waals surface area contributed by atoms with Gasteiger partial charge in [-0.1, -0.05) is 17.7 Å². The summed E-state index contributed by atoms with van der Waals surface area (Å²) in [7, 11) is -3.87. The third-order valence-corrected chi connectivity index (χ3v) is 9.57. The van der Waals surface area contributed by atoms with Crippen LogP contribution in [0.5, 0.6) is 0 Å². The van der Waals surface area contributed by atoms with E-state index in [1.54, 1.807) is 6.92 Å². The molecule has 2 aliphatic rings. The molecule has 8 nitrogen and oxygen atoms in total. The molecule has 4 N–H and O–H groups in total. The Morgan fingerprint density at radius 2 is 2.03 bits per heavy atom. The highest BCUT2D eigenvalue weighted by Gasteiger charge is 2.62. The van der Waals surface area contributed by atoms with Crippen LogP contribution in [0.1, 0.15) is 35.5 Å². The minimum absolute atomic E-state index is 0.0208. The molecule has 170 valence electrons. The Labute approximate surface area is 189 Å². The van der Waals surface area contributed by atoms with Gasteiger partial charge in [0.2, 0.25) is 0 Å². The number of carbonyl (C=O) groups excluding carboxylic acids is 1. The van der Waals surface area contributed by atoms with Crippen LogP contribution in [0.15, 0.2) is 29.4 Å². The summed E-state index contributed by atoms with van der Waals surface area (Å²) >= 11 is 6.36. The lowest BCUT2D eigenvalue weighted by Gasteiger charge is -2.41. The molecule has 1 aromatic heterocycles. The van der Waals surface area contributed by atoms with Crippen LogP contribution in [0, 0.1) is 12.7 Å². The van der Waals surface area contributed by atoms with Gasteiger partial charge in [-0.3, -0.25) is 9.79 Å². The van der Waals surface area contributed by atoms with Gasteiger partial charge in [0, 0.05) is 17.3 Å². The highest BCUT2D eigenvalue weighted by atomic mass is 35.5. The molecule has 0 radical (unpaired) electrons. The summed E-state index contributed by atoms with van der Waals surface area (Å²) in [6.07, 6.45) is 1.29. The molecule has 0 bridgehead atoms. The maximum absolute atomic E-state index is 15.2. The second-order valence-electron chi connectivity index (χ2n) is 8.49. The summed E-state index contributed by atoms with van der Waals surface area (Å²) in [6.45, 7) is 4.29. The molecule has 4 rings (SSSR count). The number of pyridine rings is 1. The number of hydrogen-bond donors (Lipinski definition) is 2. The number of nitrogens with zero attached hydrogens (tertiary/aromatic N) is 2. The number of fused-ring (bicyclic) bond motifs is 1. The Balaban J connectivity index is 1.99. The first-order valence-corrected chi connectivity index (χ1v) is 11.7. The van der Waals surface area contributed by atoms with Gasteiger partial charge in [-0.05, 0) is 44.0 Å². The molecule has 1 aromatic carbocycles. The Morgan fingerprint density at radius 3 is 2.69 bits per heavy atom. The normalized spacial score (nSPS) is 25.8. The first kappa shape index (κ1) is 22.6. The summed E-state index contributed by atoms with van der Waals surface area (Å²) in [5.74, 6) is -1.50. The van der Waals surface area contributed by atoms with Crippen molar-refractivity contribution in [2.45, 2.75) is 36.3 Å². The minimum Gasteiger partial charge on any atom is -0.386 e. The van der Waals surface area contributed by atoms with Crippen LogP contribution in [-0.2, 0) is 20.1 Å². The number of sulfone groups is 1. The second kappa shape index (κ2) is 7.23. The average molecular weight is 481 g/mol. The zero-order valence-electron chi connectivity index (χ0n) is 17.6. The first-order chi connectivity index (χ1) is 14.8. The number of aromatic nitrogens is 1. The zero-order chi connectivity index (χ0) is 23.6. The first-order valence-electron chi connectivity index (χ1n) is 9.77. The standard InChI is InChI=1S/C21H22ClFN4O4S/c1-10-16(13(22)7-26-17(10)18(24)28)11-4-5-14(23)12(6-11)21-9-31-8-15(21)32(29,30)20(2,3)19(25)27-21/h4-7,15H,8-9H2,1-3H3,(H2,24,28)(H2,25,27)/t15-,21+/m0/s1. The topological polar surface area (TPSA) is 138 Å². The maximum Gasteiger partial charge on any atom is 0.267 e. The van der Waals surface area contributed by atoms with Crippen LogP contribution >= 0.6 is 11.6 Å². The molecule has 2 aromatic rings. The van der Waals surface area contributed by atoms with Crippen LogP contribution in [-0.4, -0.2) is 48.4 Å². The van der Waals surface area contributed by atoms with Crippen LogP contribution in [0.25, 0.3) is 11.1 Å². The number of nitrogens with two attached hydrogens (primary N) is 2. The van der Waals surface area contributed by atoms with Crippen molar-refractivity contribution in [2.24, 2.45) is 16.5 Å². The fourth-order valence-corrected chi connectivity index (χ4v) is 6.75. The van der Waals surface area contributed by atoms with Crippen LogP contribution in [0.4, 0.5) is 4.39 Å². The van der Waals surface area contributed by atoms with Crippen LogP contribution in [0.3, 0.4) is 0 Å². The summed E-state index contributed by atoms with van der Waals surface area (Å²) in [5, 5.41) is -0.889. The summed E-state index contributed by atoms with van der Waals surface area (Å²) in [4.78, 5) is 20.2. The molecule has 32 heavy (non-hydrogen) atoms. The van der Waals surface area contributed by atoms with Gasteiger partial charge < -0.3 is 16.2 Å². The smallest absolute Gasteiger partial charge is 0.267 e. The number of rotatable bonds is 3. The van der Waals surface area contributed by atoms with Crippen LogP contribution < -0.4 is 11.5 Å². The van der Waals surface area contributed by atoms with Gasteiger partial charge in [-0.2, -0.15) is 0 Å². The Morgan fingerprint density at radius 1 is 1.34 bits per heavy atom. The minimum atomic E-state index is -3.87. The lowest BCUT2D eigenvalue weighted by atomic mass is 9.85. The number of halogens is 2. The lowest BCUT2D eigenvalue weighted by Crippen LogP contribution is -2.60. The number of benzene rings is 1. The van der Waals surface area contributed by atoms with E-state index in [-0.39, 0.29) is 35.3 Å². The van der Waals surface area contributed by atoms with Crippen molar-refractivity contribution in [3.05, 3.63) is 52.1 Å². The summed E-state index contributed by atoms with van der Waals surface area (Å²) in [6, 6.07) is 4.15. The Kier molecular flexibility index (Phi) is 5.11. The van der Waals surface area contributed by atoms with Crippen molar-refractivity contribution >= 4 is 33.2 Å². The molecule has 2 aliphatic heterocycles. The predicted molar refractivity (Wildman–Crippen MR) is 119 cm³/mol. The van der Waals surface area contributed by atoms with E-state index in [1.165, 1.54) is 38.2 Å². The Bertz CT molecular complexity index is 1290. The maximum atomic E-state index is 15.2. The van der Waals surface area contributed by atoms with E-state index >= 15 is 4.39 Å². The van der Waals surface area contributed by atoms with Gasteiger partial charge in [0.05, 0.1) is 18.2 Å². The molecule has 0 spiro atoms. The SMILES string of the molecule is Cc1c(C(N)=O)ncc(Cl)c1-c1ccc(F)c([C@]23COC[C@@H]2S(=O)(=O)C(C)(C)C(N)=N3)c1. The molecular weight excluding hydrogens is 459 g/mol. The predicted octanol–water partition coefficient (Wildman–Crippen LogP) is 2.11. The number of carbonyl (C=O) groups is 1. The van der Waals surface area contributed by atoms with Crippen molar-refractivity contribution in [3.63, 3.8) is 0 Å². The van der Waals surface area contributed by atoms with E-state index in [1.807, 2.05) is 0 Å². The molecule has 2 atom stereocenters. The highest BCUT2D eigenvalue weighted by molar-refractivity contribution is 7.94. The molecule has 0 aliphatic carbocycles. The molecule has 0 saturated carbocycles. The average Bonchev–Trinajstić information content (AvgIpc) is 3.13. The monoisotopic (exact) mass is 480 g/mol. The van der Waals surface area contributed by atoms with Gasteiger partial charge in [-0.25, -0.2) is 17.8 Å². The number of amides is 1. The molecule has 1 fully saturated rings. The highest BCUT2D eigenvalue weighted by Crippen LogP contribution is 2.47. The van der Waals surface area contributed by atoms with Crippen molar-refractivity contribution in [1.82, 2.24) is 4.98 Å². The van der Waals surface area contributed by atoms with E-state index in [2.05, 4.69) is 9.98 Å². The quantitative estimate of drug-likeness (QED) is 0.690. The van der Waals surface area contributed by atoms with E-state index < -0.39 is 37.1 Å². The van der Waals surface area contributed by atoms with Crippen molar-refractivity contribution in [2.75, 3.05) is 13.2 Å². The van der Waals surface area contributed by atoms with Crippen molar-refractivity contribution < 1.29 is 22.3 Å².